The van der Waals surface area contributed by atoms with Crippen molar-refractivity contribution in [3.8, 4) is 44.5 Å². The van der Waals surface area contributed by atoms with E-state index in [9.17, 15) is 0 Å². The molecule has 0 N–H and O–H groups in total. The van der Waals surface area contributed by atoms with Crippen molar-refractivity contribution < 1.29 is 0 Å². The highest BCUT2D eigenvalue weighted by atomic mass is 15.1. The molecule has 0 heterocycles. The highest BCUT2D eigenvalue weighted by molar-refractivity contribution is 6.26. The van der Waals surface area contributed by atoms with E-state index >= 15 is 0 Å². The Morgan fingerprint density at radius 1 is 0.320 bits per heavy atom. The molecule has 0 fully saturated rings. The van der Waals surface area contributed by atoms with Crippen molar-refractivity contribution in [3.63, 3.8) is 0 Å². The Labute approximate surface area is 436 Å². The van der Waals surface area contributed by atoms with Crippen LogP contribution in [0.3, 0.4) is 0 Å². The van der Waals surface area contributed by atoms with Crippen LogP contribution in [-0.2, 0) is 10.8 Å². The maximum absolute atomic E-state index is 2.62. The van der Waals surface area contributed by atoms with Gasteiger partial charge in [-0.1, -0.05) is 231 Å². The van der Waals surface area contributed by atoms with E-state index in [1.165, 1.54) is 127 Å². The minimum absolute atomic E-state index is 0.310. The van der Waals surface area contributed by atoms with Crippen LogP contribution in [-0.4, -0.2) is 0 Å². The summed E-state index contributed by atoms with van der Waals surface area (Å²) in [4.78, 5) is 2.62. The average molecular weight is 950 g/mol. The first-order chi connectivity index (χ1) is 37.2. The molecule has 1 nitrogen and oxygen atoms in total. The summed E-state index contributed by atoms with van der Waals surface area (Å²) in [5.74, 6) is 0.310. The summed E-state index contributed by atoms with van der Waals surface area (Å²) in [5.41, 5.74) is 25.0. The third kappa shape index (κ3) is 5.22. The fraction of sp³-hybridized carbons (Fsp3) is 0.0541. The zero-order valence-electron chi connectivity index (χ0n) is 41.1. The van der Waals surface area contributed by atoms with Gasteiger partial charge in [-0.25, -0.2) is 0 Å². The zero-order valence-corrected chi connectivity index (χ0v) is 41.1. The molecule has 0 radical (unpaired) electrons. The highest BCUT2D eigenvalue weighted by Gasteiger charge is 2.56. The molecule has 0 aromatic heterocycles. The van der Waals surface area contributed by atoms with E-state index in [-0.39, 0.29) is 0 Å². The van der Waals surface area contributed by atoms with Crippen LogP contribution in [0.2, 0.25) is 0 Å². The third-order valence-electron chi connectivity index (χ3n) is 18.0. The number of anilines is 3. The lowest BCUT2D eigenvalue weighted by molar-refractivity contribution is 0.708. The van der Waals surface area contributed by atoms with Gasteiger partial charge in [0.15, 0.2) is 0 Å². The van der Waals surface area contributed by atoms with Gasteiger partial charge < -0.3 is 4.90 Å². The normalized spacial score (nSPS) is 17.3. The predicted molar refractivity (Wildman–Crippen MR) is 312 cm³/mol. The largest absolute Gasteiger partial charge is 0.310 e. The van der Waals surface area contributed by atoms with Crippen molar-refractivity contribution in [1.82, 2.24) is 0 Å². The minimum atomic E-state index is -0.527. The Morgan fingerprint density at radius 3 is 1.43 bits per heavy atom. The van der Waals surface area contributed by atoms with Gasteiger partial charge in [-0.2, -0.15) is 0 Å². The first-order valence-electron chi connectivity index (χ1n) is 26.6. The molecule has 0 aliphatic heterocycles. The quantitative estimate of drug-likeness (QED) is 0.159. The number of allylic oxidation sites excluding steroid dienone is 4. The summed E-state index contributed by atoms with van der Waals surface area (Å²) in [5, 5.41) is 7.58. The van der Waals surface area contributed by atoms with Crippen molar-refractivity contribution in [2.24, 2.45) is 0 Å². The third-order valence-corrected chi connectivity index (χ3v) is 18.0. The summed E-state index contributed by atoms with van der Waals surface area (Å²) < 4.78 is 0. The molecule has 2 unspecified atom stereocenters. The van der Waals surface area contributed by atoms with Gasteiger partial charge >= 0.3 is 0 Å². The van der Waals surface area contributed by atoms with Gasteiger partial charge in [0.25, 0.3) is 0 Å². The van der Waals surface area contributed by atoms with Crippen molar-refractivity contribution in [2.75, 3.05) is 4.90 Å². The molecule has 0 saturated heterocycles. The van der Waals surface area contributed by atoms with Crippen LogP contribution in [0.5, 0.6) is 0 Å². The van der Waals surface area contributed by atoms with Crippen LogP contribution in [0.1, 0.15) is 56.8 Å². The number of hydrogen-bond acceptors (Lipinski definition) is 1. The van der Waals surface area contributed by atoms with E-state index in [2.05, 4.69) is 272 Å². The standard InChI is InChI=1S/C74H47N/c1-2-20-46(21-3-1)61-44-63-59-31-13-19-37-69(59)74(66-34-16-10-28-56(66)57-29-11-17-35-67(57)74)71(63)45-72(61)75(47-38-40-53-51-24-5-4-22-49(51)50-23-6-7-25-52(50)62(53)42-47)48-39-41-60-58-30-12-18-36-68(58)73(70(60)43-48)64-32-14-8-26-54(64)55-27-9-15-33-65(55)73/h1-26,28-45,55H,27H2. The van der Waals surface area contributed by atoms with Crippen molar-refractivity contribution in [3.05, 3.63) is 317 Å². The predicted octanol–water partition coefficient (Wildman–Crippen LogP) is 18.9. The van der Waals surface area contributed by atoms with E-state index in [0.29, 0.717) is 5.92 Å². The fourth-order valence-electron chi connectivity index (χ4n) is 15.2. The number of nitrogens with zero attached hydrogens (tertiary/aromatic N) is 1. The van der Waals surface area contributed by atoms with Crippen molar-refractivity contribution in [1.29, 1.82) is 0 Å². The summed E-state index contributed by atoms with van der Waals surface area (Å²) in [6.45, 7) is 0. The van der Waals surface area contributed by atoms with E-state index in [4.69, 9.17) is 0 Å². The van der Waals surface area contributed by atoms with Crippen LogP contribution < -0.4 is 4.90 Å². The van der Waals surface area contributed by atoms with Gasteiger partial charge in [0.1, 0.15) is 0 Å². The first-order valence-corrected chi connectivity index (χ1v) is 26.6. The Morgan fingerprint density at radius 2 is 0.787 bits per heavy atom. The van der Waals surface area contributed by atoms with Gasteiger partial charge in [-0.15, -0.1) is 0 Å². The highest BCUT2D eigenvalue weighted by Crippen LogP contribution is 2.67. The molecule has 0 bridgehead atoms. The maximum atomic E-state index is 2.62. The second-order valence-electron chi connectivity index (χ2n) is 21.3. The smallest absolute Gasteiger partial charge is 0.0726 e. The van der Waals surface area contributed by atoms with E-state index < -0.39 is 10.8 Å². The SMILES string of the molecule is C1=CCC2C(=C1)C1(c3ccccc3-c3ccc(N(c4ccc5c6ccccc6c6ccccc6c5c4)c4cc5c(cc4-c4ccccc4)-c4ccccc4C54c5ccccc5-c5ccccc54)cc31)c1ccccc12. The molecule has 5 aliphatic rings. The number of rotatable bonds is 4. The molecular formula is C74H47N. The van der Waals surface area contributed by atoms with Crippen LogP contribution in [0.25, 0.3) is 76.8 Å². The molecule has 12 aromatic carbocycles. The van der Waals surface area contributed by atoms with Crippen LogP contribution in [0.15, 0.2) is 273 Å². The monoisotopic (exact) mass is 949 g/mol. The summed E-state index contributed by atoms with van der Waals surface area (Å²) in [7, 11) is 0. The molecule has 75 heavy (non-hydrogen) atoms. The molecule has 2 atom stereocenters. The number of fused-ring (bicyclic) bond motifs is 26. The first kappa shape index (κ1) is 41.2. The van der Waals surface area contributed by atoms with Gasteiger partial charge in [0.05, 0.1) is 16.5 Å². The molecule has 1 heteroatoms. The molecule has 12 aromatic rings. The van der Waals surface area contributed by atoms with E-state index in [1.54, 1.807) is 0 Å². The van der Waals surface area contributed by atoms with Crippen LogP contribution >= 0.6 is 0 Å². The van der Waals surface area contributed by atoms with Crippen LogP contribution in [0, 0.1) is 0 Å². The molecule has 2 spiro atoms. The Balaban J connectivity index is 1.01. The zero-order chi connectivity index (χ0) is 49.0. The van der Waals surface area contributed by atoms with Crippen molar-refractivity contribution >= 4 is 49.4 Å². The van der Waals surface area contributed by atoms with Crippen molar-refractivity contribution in [2.45, 2.75) is 23.2 Å². The molecular weight excluding hydrogens is 903 g/mol. The maximum Gasteiger partial charge on any atom is 0.0726 e. The lowest BCUT2D eigenvalue weighted by Gasteiger charge is -2.35. The second-order valence-corrected chi connectivity index (χ2v) is 21.3. The lowest BCUT2D eigenvalue weighted by atomic mass is 9.68. The molecule has 5 aliphatic carbocycles. The molecule has 0 saturated carbocycles. The number of hydrogen-bond donors (Lipinski definition) is 0. The number of benzene rings is 12. The van der Waals surface area contributed by atoms with Gasteiger partial charge in [-0.3, -0.25) is 0 Å². The Hall–Kier alpha value is -9.30. The van der Waals surface area contributed by atoms with E-state index in [1.807, 2.05) is 0 Å². The summed E-state index contributed by atoms with van der Waals surface area (Å²) in [6.07, 6.45) is 8.12. The molecule has 17 rings (SSSR count). The van der Waals surface area contributed by atoms with E-state index in [0.717, 1.165) is 23.5 Å². The van der Waals surface area contributed by atoms with Gasteiger partial charge in [0.2, 0.25) is 0 Å². The minimum Gasteiger partial charge on any atom is -0.310 e. The fourth-order valence-corrected chi connectivity index (χ4v) is 15.2. The molecule has 348 valence electrons. The molecule has 0 amide bonds. The Kier molecular flexibility index (Phi) is 8.32. The second kappa shape index (κ2) is 15.1. The van der Waals surface area contributed by atoms with Gasteiger partial charge in [-0.05, 0) is 164 Å². The van der Waals surface area contributed by atoms with Crippen LogP contribution in [0.4, 0.5) is 17.1 Å². The summed E-state index contributed by atoms with van der Waals surface area (Å²) in [6, 6.07) is 95.0. The van der Waals surface area contributed by atoms with Gasteiger partial charge in [0, 0.05) is 22.9 Å². The topological polar surface area (TPSA) is 3.24 Å². The summed E-state index contributed by atoms with van der Waals surface area (Å²) >= 11 is 0. The Bertz CT molecular complexity index is 4450. The lowest BCUT2D eigenvalue weighted by Crippen LogP contribution is -2.27. The average Bonchev–Trinajstić information content (AvgIpc) is 4.23.